The second-order valence-electron chi connectivity index (χ2n) is 4.88. The fourth-order valence-electron chi connectivity index (χ4n) is 2.38. The van der Waals surface area contributed by atoms with E-state index in [4.69, 9.17) is 11.6 Å². The zero-order valence-electron chi connectivity index (χ0n) is 11.4. The van der Waals surface area contributed by atoms with Gasteiger partial charge in [-0.05, 0) is 24.1 Å². The summed E-state index contributed by atoms with van der Waals surface area (Å²) in [5, 5.41) is 20.4. The van der Waals surface area contributed by atoms with E-state index in [1.807, 2.05) is 42.5 Å². The Bertz CT molecular complexity index is 794. The molecule has 4 heteroatoms. The van der Waals surface area contributed by atoms with Gasteiger partial charge in [-0.1, -0.05) is 54.1 Å². The van der Waals surface area contributed by atoms with E-state index in [0.29, 0.717) is 21.8 Å². The minimum atomic E-state index is -0.0839. The van der Waals surface area contributed by atoms with Crippen LogP contribution in [0.1, 0.15) is 5.69 Å². The first-order chi connectivity index (χ1) is 10.1. The molecule has 0 spiro atoms. The fraction of sp³-hybridized carbons (Fsp3) is 0.0588. The standard InChI is InChI=1S/C17H14ClNO2/c1-10-16(20)15(17(21)19-10)13-8-7-12(9-14(13)18)11-5-3-2-4-6-11/h2-9,19-21H,1H3. The van der Waals surface area contributed by atoms with E-state index < -0.39 is 0 Å². The van der Waals surface area contributed by atoms with Crippen molar-refractivity contribution in [1.82, 2.24) is 4.98 Å². The van der Waals surface area contributed by atoms with Crippen molar-refractivity contribution in [3.05, 3.63) is 59.2 Å². The lowest BCUT2D eigenvalue weighted by molar-refractivity contribution is 0.455. The summed E-state index contributed by atoms with van der Waals surface area (Å²) in [6.07, 6.45) is 0. The Kier molecular flexibility index (Phi) is 3.35. The minimum absolute atomic E-state index is 0.0156. The molecule has 3 N–H and O–H groups in total. The van der Waals surface area contributed by atoms with Crippen LogP contribution < -0.4 is 0 Å². The number of halogens is 1. The van der Waals surface area contributed by atoms with Gasteiger partial charge in [0.25, 0.3) is 0 Å². The molecule has 0 fully saturated rings. The van der Waals surface area contributed by atoms with Crippen molar-refractivity contribution in [1.29, 1.82) is 0 Å². The molecule has 3 nitrogen and oxygen atoms in total. The highest BCUT2D eigenvalue weighted by atomic mass is 35.5. The number of aromatic nitrogens is 1. The number of aromatic hydroxyl groups is 2. The topological polar surface area (TPSA) is 56.2 Å². The lowest BCUT2D eigenvalue weighted by atomic mass is 10.0. The largest absolute Gasteiger partial charge is 0.505 e. The summed E-state index contributed by atoms with van der Waals surface area (Å²) in [6, 6.07) is 15.4. The molecule has 0 saturated carbocycles. The van der Waals surface area contributed by atoms with E-state index in [-0.39, 0.29) is 11.6 Å². The van der Waals surface area contributed by atoms with Crippen molar-refractivity contribution in [2.75, 3.05) is 0 Å². The quantitative estimate of drug-likeness (QED) is 0.641. The van der Waals surface area contributed by atoms with Gasteiger partial charge in [0.05, 0.1) is 11.3 Å². The van der Waals surface area contributed by atoms with Gasteiger partial charge in [0.15, 0.2) is 0 Å². The van der Waals surface area contributed by atoms with Crippen molar-refractivity contribution in [2.24, 2.45) is 0 Å². The lowest BCUT2D eigenvalue weighted by Gasteiger charge is -2.07. The molecular formula is C17H14ClNO2. The van der Waals surface area contributed by atoms with Gasteiger partial charge < -0.3 is 15.2 Å². The van der Waals surface area contributed by atoms with Crippen LogP contribution in [0, 0.1) is 6.92 Å². The minimum Gasteiger partial charge on any atom is -0.505 e. The first-order valence-corrected chi connectivity index (χ1v) is 6.91. The Morgan fingerprint density at radius 3 is 2.24 bits per heavy atom. The highest BCUT2D eigenvalue weighted by Gasteiger charge is 2.18. The van der Waals surface area contributed by atoms with Crippen LogP contribution in [0.2, 0.25) is 5.02 Å². The van der Waals surface area contributed by atoms with Crippen LogP contribution in [0.3, 0.4) is 0 Å². The van der Waals surface area contributed by atoms with Crippen molar-refractivity contribution in [3.8, 4) is 33.9 Å². The third kappa shape index (κ3) is 2.36. The summed E-state index contributed by atoms with van der Waals surface area (Å²) in [5.74, 6) is -0.0683. The summed E-state index contributed by atoms with van der Waals surface area (Å²) in [5.41, 5.74) is 3.47. The van der Waals surface area contributed by atoms with Crippen molar-refractivity contribution in [3.63, 3.8) is 0 Å². The Morgan fingerprint density at radius 1 is 0.952 bits per heavy atom. The first-order valence-electron chi connectivity index (χ1n) is 6.53. The SMILES string of the molecule is Cc1[nH]c(O)c(-c2ccc(-c3ccccc3)cc2Cl)c1O. The van der Waals surface area contributed by atoms with Gasteiger partial charge in [0.2, 0.25) is 5.88 Å². The summed E-state index contributed by atoms with van der Waals surface area (Å²) in [6.45, 7) is 1.69. The van der Waals surface area contributed by atoms with Gasteiger partial charge in [-0.25, -0.2) is 0 Å². The zero-order valence-corrected chi connectivity index (χ0v) is 12.1. The maximum atomic E-state index is 10.0. The molecule has 2 aromatic carbocycles. The first kappa shape index (κ1) is 13.6. The van der Waals surface area contributed by atoms with E-state index in [0.717, 1.165) is 11.1 Å². The average Bonchev–Trinajstić information content (AvgIpc) is 2.74. The lowest BCUT2D eigenvalue weighted by Crippen LogP contribution is -1.82. The summed E-state index contributed by atoms with van der Waals surface area (Å²) < 4.78 is 0. The van der Waals surface area contributed by atoms with E-state index in [1.165, 1.54) is 0 Å². The van der Waals surface area contributed by atoms with Gasteiger partial charge in [0, 0.05) is 10.6 Å². The van der Waals surface area contributed by atoms with Gasteiger partial charge in [0.1, 0.15) is 5.75 Å². The number of benzene rings is 2. The number of hydrogen-bond donors (Lipinski definition) is 3. The molecule has 0 aliphatic rings. The molecule has 3 aromatic rings. The maximum absolute atomic E-state index is 10.0. The molecule has 1 aromatic heterocycles. The number of aromatic amines is 1. The van der Waals surface area contributed by atoms with E-state index in [1.54, 1.807) is 13.0 Å². The molecule has 0 aliphatic heterocycles. The Labute approximate surface area is 127 Å². The van der Waals surface area contributed by atoms with Gasteiger partial charge >= 0.3 is 0 Å². The predicted molar refractivity (Wildman–Crippen MR) is 84.7 cm³/mol. The van der Waals surface area contributed by atoms with Crippen LogP contribution in [0.4, 0.5) is 0 Å². The molecule has 0 amide bonds. The van der Waals surface area contributed by atoms with Crippen LogP contribution in [-0.4, -0.2) is 15.2 Å². The number of H-pyrrole nitrogens is 1. The van der Waals surface area contributed by atoms with Crippen LogP contribution >= 0.6 is 11.6 Å². The molecule has 0 bridgehead atoms. The molecule has 0 radical (unpaired) electrons. The summed E-state index contributed by atoms with van der Waals surface area (Å²) in [4.78, 5) is 2.69. The Morgan fingerprint density at radius 2 is 1.67 bits per heavy atom. The molecule has 0 aliphatic carbocycles. The molecular weight excluding hydrogens is 286 g/mol. The van der Waals surface area contributed by atoms with Crippen molar-refractivity contribution in [2.45, 2.75) is 6.92 Å². The van der Waals surface area contributed by atoms with Gasteiger partial charge in [-0.15, -0.1) is 0 Å². The van der Waals surface area contributed by atoms with E-state index >= 15 is 0 Å². The number of rotatable bonds is 2. The maximum Gasteiger partial charge on any atom is 0.200 e. The Balaban J connectivity index is 2.11. The monoisotopic (exact) mass is 299 g/mol. The third-order valence-electron chi connectivity index (χ3n) is 3.48. The molecule has 21 heavy (non-hydrogen) atoms. The zero-order chi connectivity index (χ0) is 15.0. The second kappa shape index (κ2) is 5.19. The number of hydrogen-bond acceptors (Lipinski definition) is 2. The van der Waals surface area contributed by atoms with Gasteiger partial charge in [-0.2, -0.15) is 0 Å². The van der Waals surface area contributed by atoms with Crippen LogP contribution in [0.5, 0.6) is 11.6 Å². The van der Waals surface area contributed by atoms with Crippen LogP contribution in [0.15, 0.2) is 48.5 Å². The third-order valence-corrected chi connectivity index (χ3v) is 3.79. The van der Waals surface area contributed by atoms with Crippen LogP contribution in [-0.2, 0) is 0 Å². The predicted octanol–water partition coefficient (Wildman–Crippen LogP) is 4.72. The number of aryl methyl sites for hydroxylation is 1. The summed E-state index contributed by atoms with van der Waals surface area (Å²) in [7, 11) is 0. The van der Waals surface area contributed by atoms with E-state index in [9.17, 15) is 10.2 Å². The molecule has 0 saturated heterocycles. The molecule has 1 heterocycles. The molecule has 0 unspecified atom stereocenters. The van der Waals surface area contributed by atoms with Crippen molar-refractivity contribution < 1.29 is 10.2 Å². The van der Waals surface area contributed by atoms with Crippen LogP contribution in [0.25, 0.3) is 22.3 Å². The molecule has 3 rings (SSSR count). The fourth-order valence-corrected chi connectivity index (χ4v) is 2.66. The summed E-state index contributed by atoms with van der Waals surface area (Å²) >= 11 is 6.33. The Hall–Kier alpha value is -2.39. The molecule has 106 valence electrons. The number of nitrogens with one attached hydrogen (secondary N) is 1. The van der Waals surface area contributed by atoms with Crippen molar-refractivity contribution >= 4 is 11.6 Å². The van der Waals surface area contributed by atoms with E-state index in [2.05, 4.69) is 4.98 Å². The smallest absolute Gasteiger partial charge is 0.200 e. The second-order valence-corrected chi connectivity index (χ2v) is 5.29. The average molecular weight is 300 g/mol. The highest BCUT2D eigenvalue weighted by molar-refractivity contribution is 6.33. The highest BCUT2D eigenvalue weighted by Crippen LogP contribution is 2.43. The molecule has 0 atom stereocenters. The normalized spacial score (nSPS) is 10.8. The van der Waals surface area contributed by atoms with Gasteiger partial charge in [-0.3, -0.25) is 0 Å².